The number of hydrogen-bond donors (Lipinski definition) is 2. The van der Waals surface area contributed by atoms with Crippen LogP contribution >= 0.6 is 12.4 Å². The Labute approximate surface area is 115 Å². The van der Waals surface area contributed by atoms with Crippen molar-refractivity contribution < 1.29 is 4.79 Å². The van der Waals surface area contributed by atoms with E-state index in [0.29, 0.717) is 6.54 Å². The van der Waals surface area contributed by atoms with E-state index in [1.807, 2.05) is 0 Å². The predicted molar refractivity (Wildman–Crippen MR) is 76.0 cm³/mol. The first kappa shape index (κ1) is 15.0. The second kappa shape index (κ2) is 5.72. The van der Waals surface area contributed by atoms with Gasteiger partial charge in [-0.15, -0.1) is 12.4 Å². The Morgan fingerprint density at radius 1 is 1.28 bits per heavy atom. The highest BCUT2D eigenvalue weighted by molar-refractivity contribution is 5.88. The van der Waals surface area contributed by atoms with Crippen LogP contribution in [0.3, 0.4) is 0 Å². The molecular formula is C14H21ClN2O. The van der Waals surface area contributed by atoms with Gasteiger partial charge in [0.2, 0.25) is 5.91 Å². The molecule has 1 fully saturated rings. The molecule has 4 heteroatoms. The molecule has 3 nitrogen and oxygen atoms in total. The van der Waals surface area contributed by atoms with Crippen LogP contribution in [0.2, 0.25) is 0 Å². The molecule has 0 saturated heterocycles. The quantitative estimate of drug-likeness (QED) is 0.876. The molecule has 1 amide bonds. The Hall–Kier alpha value is -1.06. The van der Waals surface area contributed by atoms with Gasteiger partial charge in [0.15, 0.2) is 0 Å². The molecule has 2 rings (SSSR count). The van der Waals surface area contributed by atoms with Gasteiger partial charge in [0.1, 0.15) is 0 Å². The molecule has 1 saturated carbocycles. The molecule has 0 unspecified atom stereocenters. The van der Waals surface area contributed by atoms with Crippen molar-refractivity contribution in [2.45, 2.75) is 38.6 Å². The lowest BCUT2D eigenvalue weighted by Crippen LogP contribution is -2.43. The van der Waals surface area contributed by atoms with Crippen LogP contribution in [0, 0.1) is 13.8 Å². The number of nitrogens with one attached hydrogen (secondary N) is 1. The van der Waals surface area contributed by atoms with Crippen LogP contribution in [0.5, 0.6) is 0 Å². The van der Waals surface area contributed by atoms with Crippen LogP contribution in [0.1, 0.15) is 29.5 Å². The summed E-state index contributed by atoms with van der Waals surface area (Å²) in [5, 5.41) is 2.91. The van der Waals surface area contributed by atoms with Crippen molar-refractivity contribution in [3.8, 4) is 0 Å². The van der Waals surface area contributed by atoms with E-state index in [1.54, 1.807) is 0 Å². The maximum Gasteiger partial charge on any atom is 0.240 e. The molecule has 0 spiro atoms. The lowest BCUT2D eigenvalue weighted by molar-refractivity contribution is -0.123. The van der Waals surface area contributed by atoms with Gasteiger partial charge in [-0.25, -0.2) is 0 Å². The lowest BCUT2D eigenvalue weighted by atomic mass is 10.1. The maximum atomic E-state index is 11.6. The zero-order valence-electron chi connectivity index (χ0n) is 11.0. The number of carbonyl (C=O) groups is 1. The Kier molecular flexibility index (Phi) is 4.77. The molecule has 0 bridgehead atoms. The fourth-order valence-corrected chi connectivity index (χ4v) is 2.07. The van der Waals surface area contributed by atoms with Crippen molar-refractivity contribution in [3.63, 3.8) is 0 Å². The van der Waals surface area contributed by atoms with Crippen molar-refractivity contribution in [1.82, 2.24) is 5.32 Å². The van der Waals surface area contributed by atoms with Crippen LogP contribution in [0.15, 0.2) is 18.2 Å². The van der Waals surface area contributed by atoms with Crippen LogP contribution < -0.4 is 11.1 Å². The summed E-state index contributed by atoms with van der Waals surface area (Å²) < 4.78 is 0. The van der Waals surface area contributed by atoms with Crippen molar-refractivity contribution in [1.29, 1.82) is 0 Å². The summed E-state index contributed by atoms with van der Waals surface area (Å²) >= 11 is 0. The van der Waals surface area contributed by atoms with Gasteiger partial charge in [-0.1, -0.05) is 29.3 Å². The highest BCUT2D eigenvalue weighted by Gasteiger charge is 2.45. The van der Waals surface area contributed by atoms with E-state index in [4.69, 9.17) is 5.73 Å². The highest BCUT2D eigenvalue weighted by Crippen LogP contribution is 2.31. The fourth-order valence-electron chi connectivity index (χ4n) is 2.07. The maximum absolute atomic E-state index is 11.6. The van der Waals surface area contributed by atoms with E-state index in [0.717, 1.165) is 19.3 Å². The van der Waals surface area contributed by atoms with E-state index in [2.05, 4.69) is 37.4 Å². The molecule has 100 valence electrons. The average Bonchev–Trinajstić information content (AvgIpc) is 2.96. The molecule has 1 aliphatic carbocycles. The Morgan fingerprint density at radius 3 is 2.33 bits per heavy atom. The van der Waals surface area contributed by atoms with Crippen molar-refractivity contribution >= 4 is 18.3 Å². The van der Waals surface area contributed by atoms with Gasteiger partial charge in [-0.2, -0.15) is 0 Å². The minimum Gasteiger partial charge on any atom is -0.354 e. The van der Waals surface area contributed by atoms with Gasteiger partial charge in [0.25, 0.3) is 0 Å². The number of aryl methyl sites for hydroxylation is 2. The van der Waals surface area contributed by atoms with E-state index in [-0.39, 0.29) is 18.3 Å². The van der Waals surface area contributed by atoms with E-state index >= 15 is 0 Å². The third-order valence-corrected chi connectivity index (χ3v) is 3.22. The summed E-state index contributed by atoms with van der Waals surface area (Å²) in [6, 6.07) is 6.48. The monoisotopic (exact) mass is 268 g/mol. The third kappa shape index (κ3) is 3.72. The molecular weight excluding hydrogens is 248 g/mol. The second-order valence-corrected chi connectivity index (χ2v) is 5.16. The molecule has 1 aromatic carbocycles. The smallest absolute Gasteiger partial charge is 0.240 e. The normalized spacial score (nSPS) is 15.7. The SMILES string of the molecule is Cc1cc(C)cc(CCNC(=O)C2(N)CC2)c1.Cl. The highest BCUT2D eigenvalue weighted by atomic mass is 35.5. The standard InChI is InChI=1S/C14H20N2O.ClH/c1-10-7-11(2)9-12(8-10)3-6-16-13(17)14(15)4-5-14;/h7-9H,3-6,15H2,1-2H3,(H,16,17);1H. The number of hydrogen-bond acceptors (Lipinski definition) is 2. The summed E-state index contributed by atoms with van der Waals surface area (Å²) in [7, 11) is 0. The number of amides is 1. The van der Waals surface area contributed by atoms with Gasteiger partial charge >= 0.3 is 0 Å². The zero-order chi connectivity index (χ0) is 12.5. The summed E-state index contributed by atoms with van der Waals surface area (Å²) in [4.78, 5) is 11.6. The van der Waals surface area contributed by atoms with Crippen LogP contribution in [-0.4, -0.2) is 18.0 Å². The summed E-state index contributed by atoms with van der Waals surface area (Å²) in [6.45, 7) is 4.85. The molecule has 3 N–H and O–H groups in total. The number of nitrogens with two attached hydrogens (primary N) is 1. The Morgan fingerprint density at radius 2 is 1.83 bits per heavy atom. The van der Waals surface area contributed by atoms with E-state index < -0.39 is 5.54 Å². The van der Waals surface area contributed by atoms with Gasteiger partial charge in [-0.05, 0) is 38.7 Å². The molecule has 1 aliphatic rings. The van der Waals surface area contributed by atoms with Crippen molar-refractivity contribution in [2.75, 3.05) is 6.54 Å². The largest absolute Gasteiger partial charge is 0.354 e. The lowest BCUT2D eigenvalue weighted by Gasteiger charge is -2.10. The van der Waals surface area contributed by atoms with Gasteiger partial charge < -0.3 is 11.1 Å². The number of halogens is 1. The van der Waals surface area contributed by atoms with Gasteiger partial charge in [0, 0.05) is 6.54 Å². The zero-order valence-corrected chi connectivity index (χ0v) is 11.8. The van der Waals surface area contributed by atoms with Gasteiger partial charge in [-0.3, -0.25) is 4.79 Å². The fraction of sp³-hybridized carbons (Fsp3) is 0.500. The predicted octanol–water partition coefficient (Wildman–Crippen LogP) is 1.88. The molecule has 1 aromatic rings. The van der Waals surface area contributed by atoms with Crippen LogP contribution in [0.4, 0.5) is 0 Å². The first-order chi connectivity index (χ1) is 7.99. The molecule has 0 atom stereocenters. The summed E-state index contributed by atoms with van der Waals surface area (Å²) in [6.07, 6.45) is 2.51. The summed E-state index contributed by atoms with van der Waals surface area (Å²) in [5.74, 6) is 0.00174. The Bertz CT molecular complexity index is 421. The number of carbonyl (C=O) groups excluding carboxylic acids is 1. The second-order valence-electron chi connectivity index (χ2n) is 5.16. The molecule has 18 heavy (non-hydrogen) atoms. The molecule has 0 radical (unpaired) electrons. The molecule has 0 aromatic heterocycles. The molecule has 0 heterocycles. The van der Waals surface area contributed by atoms with Crippen LogP contribution in [0.25, 0.3) is 0 Å². The van der Waals surface area contributed by atoms with Crippen molar-refractivity contribution in [2.24, 2.45) is 5.73 Å². The first-order valence-electron chi connectivity index (χ1n) is 6.14. The third-order valence-electron chi connectivity index (χ3n) is 3.22. The van der Waals surface area contributed by atoms with Gasteiger partial charge in [0.05, 0.1) is 5.54 Å². The molecule has 0 aliphatic heterocycles. The number of benzene rings is 1. The summed E-state index contributed by atoms with van der Waals surface area (Å²) in [5.41, 5.74) is 9.06. The first-order valence-corrected chi connectivity index (χ1v) is 6.14. The minimum absolute atomic E-state index is 0. The topological polar surface area (TPSA) is 55.1 Å². The van der Waals surface area contributed by atoms with Crippen molar-refractivity contribution in [3.05, 3.63) is 34.9 Å². The minimum atomic E-state index is -0.553. The average molecular weight is 269 g/mol. The Balaban J connectivity index is 0.00000162. The number of rotatable bonds is 4. The van der Waals surface area contributed by atoms with E-state index in [9.17, 15) is 4.79 Å². The van der Waals surface area contributed by atoms with E-state index in [1.165, 1.54) is 16.7 Å². The van der Waals surface area contributed by atoms with Crippen LogP contribution in [-0.2, 0) is 11.2 Å².